The fourth-order valence-electron chi connectivity index (χ4n) is 9.24. The van der Waals surface area contributed by atoms with Crippen LogP contribution < -0.4 is 43.0 Å². The lowest BCUT2D eigenvalue weighted by Crippen LogP contribution is -2.71. The van der Waals surface area contributed by atoms with Crippen molar-refractivity contribution in [3.63, 3.8) is 0 Å². The summed E-state index contributed by atoms with van der Waals surface area (Å²) in [5, 5.41) is 46.6. The van der Waals surface area contributed by atoms with Gasteiger partial charge in [0.05, 0.1) is 10.7 Å². The maximum absolute atomic E-state index is 15.0. The SMILES string of the molecule is CC1(C)S[C@@H]2[C@H](NC(=O)[C@H](NC(=O)C(NC(=O)[C@H](NC(=O)C(NC(=O)[C@H](N)c3ccccc3)C3N[C@@H](C(=O)O)C(C)(C)S3)c3ccccc3)C3N[C@@H](C(=O)O)C(C)(C)S3)c3ccccc3)C(=O)N2[C@H]1C(=O)O. The summed E-state index contributed by atoms with van der Waals surface area (Å²) < 4.78 is -2.96. The summed E-state index contributed by atoms with van der Waals surface area (Å²) in [6.45, 7) is 9.95. The number of hydrogen-bond acceptors (Lipinski definition) is 15. The van der Waals surface area contributed by atoms with Crippen LogP contribution >= 0.6 is 35.3 Å². The maximum atomic E-state index is 15.0. The number of nitrogens with one attached hydrogen (secondary N) is 7. The summed E-state index contributed by atoms with van der Waals surface area (Å²) >= 11 is 3.31. The van der Waals surface area contributed by atoms with Crippen molar-refractivity contribution in [3.05, 3.63) is 108 Å². The zero-order chi connectivity index (χ0) is 52.6. The number of carboxylic acid groups (broad SMARTS) is 3. The van der Waals surface area contributed by atoms with E-state index in [1.54, 1.807) is 120 Å². The number of nitrogens with two attached hydrogens (primary N) is 1. The first-order chi connectivity index (χ1) is 33.8. The number of carbonyl (C=O) groups is 9. The smallest absolute Gasteiger partial charge is 0.327 e. The van der Waals surface area contributed by atoms with Gasteiger partial charge < -0.3 is 52.5 Å². The van der Waals surface area contributed by atoms with Gasteiger partial charge in [-0.15, -0.1) is 35.3 Å². The second-order valence-electron chi connectivity index (χ2n) is 19.3. The molecule has 4 heterocycles. The Kier molecular flexibility index (Phi) is 15.7. The van der Waals surface area contributed by atoms with E-state index < -0.39 is 138 Å². The summed E-state index contributed by atoms with van der Waals surface area (Å²) in [4.78, 5) is 125. The molecule has 12 atom stereocenters. The van der Waals surface area contributed by atoms with Crippen LogP contribution in [0, 0.1) is 0 Å². The first-order valence-electron chi connectivity index (χ1n) is 22.8. The Bertz CT molecular complexity index is 2610. The van der Waals surface area contributed by atoms with E-state index in [1.165, 1.54) is 28.8 Å². The van der Waals surface area contributed by atoms with E-state index in [0.29, 0.717) is 5.56 Å². The van der Waals surface area contributed by atoms with Crippen LogP contribution in [0.15, 0.2) is 91.0 Å². The Morgan fingerprint density at radius 1 is 0.542 bits per heavy atom. The Morgan fingerprint density at radius 3 is 1.35 bits per heavy atom. The number of aliphatic carboxylic acids is 3. The molecule has 384 valence electrons. The van der Waals surface area contributed by atoms with E-state index in [2.05, 4.69) is 37.2 Å². The van der Waals surface area contributed by atoms with Crippen LogP contribution in [0.25, 0.3) is 0 Å². The van der Waals surface area contributed by atoms with Gasteiger partial charge in [0.1, 0.15) is 59.8 Å². The molecular weight excluding hydrogens is 991 g/mol. The largest absolute Gasteiger partial charge is 0.480 e. The van der Waals surface area contributed by atoms with Crippen molar-refractivity contribution in [1.82, 2.24) is 42.1 Å². The summed E-state index contributed by atoms with van der Waals surface area (Å²) in [7, 11) is 0. The lowest BCUT2D eigenvalue weighted by Gasteiger charge is -2.44. The van der Waals surface area contributed by atoms with Gasteiger partial charge in [-0.3, -0.25) is 49.0 Å². The number of carbonyl (C=O) groups excluding carboxylic acids is 6. The third-order valence-corrected chi connectivity index (χ3v) is 17.5. The van der Waals surface area contributed by atoms with Gasteiger partial charge in [0.15, 0.2) is 0 Å². The molecule has 3 aromatic carbocycles. The van der Waals surface area contributed by atoms with Crippen molar-refractivity contribution in [3.8, 4) is 0 Å². The maximum Gasteiger partial charge on any atom is 0.327 e. The monoisotopic (exact) mass is 1050 g/mol. The highest BCUT2D eigenvalue weighted by Crippen LogP contribution is 2.51. The number of amides is 6. The van der Waals surface area contributed by atoms with E-state index in [9.17, 15) is 58.5 Å². The number of nitrogens with zero attached hydrogens (tertiary/aromatic N) is 1. The minimum absolute atomic E-state index is 0.207. The second-order valence-corrected chi connectivity index (χ2v) is 24.7. The van der Waals surface area contributed by atoms with E-state index in [4.69, 9.17) is 5.73 Å². The lowest BCUT2D eigenvalue weighted by atomic mass is 9.95. The first-order valence-corrected chi connectivity index (χ1v) is 25.4. The minimum atomic E-state index is -1.68. The van der Waals surface area contributed by atoms with Gasteiger partial charge in [-0.25, -0.2) is 4.79 Å². The predicted molar refractivity (Wildman–Crippen MR) is 268 cm³/mol. The van der Waals surface area contributed by atoms with E-state index in [1.807, 2.05) is 0 Å². The summed E-state index contributed by atoms with van der Waals surface area (Å²) in [6, 6.07) is 11.9. The van der Waals surface area contributed by atoms with E-state index >= 15 is 0 Å². The molecule has 12 N–H and O–H groups in total. The fraction of sp³-hybridized carbons (Fsp3) is 0.438. The second kappa shape index (κ2) is 21.1. The third-order valence-electron chi connectivity index (χ3n) is 13.0. The molecule has 6 amide bonds. The Labute approximate surface area is 427 Å². The molecule has 4 aliphatic heterocycles. The van der Waals surface area contributed by atoms with Gasteiger partial charge in [-0.05, 0) is 58.2 Å². The zero-order valence-electron chi connectivity index (χ0n) is 39.9. The topological polar surface area (TPSA) is 328 Å². The van der Waals surface area contributed by atoms with Crippen LogP contribution in [-0.4, -0.2) is 140 Å². The molecule has 0 bridgehead atoms. The van der Waals surface area contributed by atoms with Gasteiger partial charge >= 0.3 is 17.9 Å². The Hall–Kier alpha value is -6.18. The number of thioether (sulfide) groups is 3. The van der Waals surface area contributed by atoms with Crippen LogP contribution in [0.1, 0.15) is 76.4 Å². The molecule has 7 rings (SSSR count). The lowest BCUT2D eigenvalue weighted by molar-refractivity contribution is -0.161. The standard InChI is InChI=1S/C48H57N9O12S3/c1-46(2)31(43(64)65)55-39(70-46)28(52-34(58)25(49)22-16-10-7-11-17-22)37(61)50-26(23-18-12-8-13-19-23)35(59)53-29(40-56-32(44(66)67)47(3,4)71-40)38(62)51-27(24-20-14-9-15-21-24)36(60)54-30-41(63)57-33(45(68)69)48(5,6)72-42(30)57/h7-21,25-33,39-40,42,55-56H,49H2,1-6H3,(H,50,61)(H,51,62)(H,52,58)(H,53,59)(H,54,60)(H,64,65)(H,66,67)(H,68,69)/t25-,26-,27-,28?,29?,30-,31+,32+,33+,39?,40?,42-/m1/s1. The number of β-lactam (4-membered cyclic amide) rings is 1. The highest BCUT2D eigenvalue weighted by Gasteiger charge is 2.64. The zero-order valence-corrected chi connectivity index (χ0v) is 42.3. The van der Waals surface area contributed by atoms with Crippen LogP contribution in [-0.2, 0) is 43.2 Å². The Morgan fingerprint density at radius 2 is 0.944 bits per heavy atom. The number of rotatable bonds is 18. The molecule has 0 radical (unpaired) electrons. The van der Waals surface area contributed by atoms with Crippen molar-refractivity contribution in [2.24, 2.45) is 5.73 Å². The van der Waals surface area contributed by atoms with Gasteiger partial charge in [-0.2, -0.15) is 0 Å². The Balaban J connectivity index is 1.19. The normalized spacial score (nSPS) is 26.5. The summed E-state index contributed by atoms with van der Waals surface area (Å²) in [5.41, 5.74) is 7.23. The quantitative estimate of drug-likeness (QED) is 0.0785. The van der Waals surface area contributed by atoms with E-state index in [-0.39, 0.29) is 11.1 Å². The minimum Gasteiger partial charge on any atom is -0.480 e. The third kappa shape index (κ3) is 11.1. The molecule has 24 heteroatoms. The highest BCUT2D eigenvalue weighted by molar-refractivity contribution is 8.02. The van der Waals surface area contributed by atoms with Crippen molar-refractivity contribution in [1.29, 1.82) is 0 Å². The molecule has 0 aromatic heterocycles. The molecule has 72 heavy (non-hydrogen) atoms. The van der Waals surface area contributed by atoms with Crippen molar-refractivity contribution < 1.29 is 58.5 Å². The average molecular weight is 1050 g/mol. The number of hydrogen-bond donors (Lipinski definition) is 11. The van der Waals surface area contributed by atoms with Gasteiger partial charge in [0.25, 0.3) is 0 Å². The van der Waals surface area contributed by atoms with Gasteiger partial charge in [0, 0.05) is 14.2 Å². The number of carboxylic acids is 3. The predicted octanol–water partition coefficient (Wildman–Crippen LogP) is 0.791. The molecule has 0 saturated carbocycles. The number of fused-ring (bicyclic) bond motifs is 1. The first kappa shape index (κ1) is 53.6. The van der Waals surface area contributed by atoms with Gasteiger partial charge in [-0.1, -0.05) is 91.0 Å². The van der Waals surface area contributed by atoms with Crippen molar-refractivity contribution >= 4 is 88.6 Å². The number of benzene rings is 3. The van der Waals surface area contributed by atoms with Crippen LogP contribution in [0.3, 0.4) is 0 Å². The highest BCUT2D eigenvalue weighted by atomic mass is 32.2. The molecule has 21 nitrogen and oxygen atoms in total. The summed E-state index contributed by atoms with van der Waals surface area (Å²) in [5.74, 6) is -8.81. The van der Waals surface area contributed by atoms with Crippen molar-refractivity contribution in [2.75, 3.05) is 0 Å². The van der Waals surface area contributed by atoms with Crippen LogP contribution in [0.4, 0.5) is 0 Å². The molecule has 0 spiro atoms. The van der Waals surface area contributed by atoms with Crippen LogP contribution in [0.5, 0.6) is 0 Å². The fourth-order valence-corrected chi connectivity index (χ4v) is 13.8. The summed E-state index contributed by atoms with van der Waals surface area (Å²) in [6.07, 6.45) is 0. The van der Waals surface area contributed by atoms with E-state index in [0.717, 1.165) is 23.5 Å². The molecule has 4 aliphatic rings. The van der Waals surface area contributed by atoms with Gasteiger partial charge in [0.2, 0.25) is 35.4 Å². The molecule has 4 saturated heterocycles. The van der Waals surface area contributed by atoms with Crippen LogP contribution in [0.2, 0.25) is 0 Å². The molecule has 3 aromatic rings. The average Bonchev–Trinajstić information content (AvgIpc) is 3.94. The van der Waals surface area contributed by atoms with Crippen molar-refractivity contribution in [2.45, 2.75) is 126 Å². The molecular formula is C48H57N9O12S3. The molecule has 0 aliphatic carbocycles. The molecule has 4 unspecified atom stereocenters. The molecule has 4 fully saturated rings.